The van der Waals surface area contributed by atoms with E-state index in [0.717, 1.165) is 19.4 Å². The van der Waals surface area contributed by atoms with Crippen molar-refractivity contribution >= 4 is 17.6 Å². The van der Waals surface area contributed by atoms with E-state index in [2.05, 4.69) is 5.32 Å². The Kier molecular flexibility index (Phi) is 4.76. The highest BCUT2D eigenvalue weighted by molar-refractivity contribution is 5.96. The van der Waals surface area contributed by atoms with Crippen LogP contribution in [-0.2, 0) is 9.53 Å². The van der Waals surface area contributed by atoms with Crippen molar-refractivity contribution in [2.75, 3.05) is 37.7 Å². The van der Waals surface area contributed by atoms with Crippen LogP contribution in [0.4, 0.5) is 14.9 Å². The van der Waals surface area contributed by atoms with E-state index in [-0.39, 0.29) is 30.3 Å². The molecule has 0 radical (unpaired) electrons. The normalized spacial score (nSPS) is 21.1. The predicted molar refractivity (Wildman–Crippen MR) is 82.7 cm³/mol. The maximum atomic E-state index is 13.8. The van der Waals surface area contributed by atoms with Crippen LogP contribution in [0.15, 0.2) is 24.3 Å². The summed E-state index contributed by atoms with van der Waals surface area (Å²) in [6, 6.07) is 5.80. The molecule has 2 heterocycles. The molecule has 7 heteroatoms. The first-order valence-corrected chi connectivity index (χ1v) is 7.84. The van der Waals surface area contributed by atoms with Gasteiger partial charge in [0, 0.05) is 26.2 Å². The van der Waals surface area contributed by atoms with Gasteiger partial charge in [0.25, 0.3) is 0 Å². The summed E-state index contributed by atoms with van der Waals surface area (Å²) in [4.78, 5) is 27.1. The molecule has 2 aliphatic rings. The third-order valence-electron chi connectivity index (χ3n) is 4.12. The third-order valence-corrected chi connectivity index (χ3v) is 4.12. The van der Waals surface area contributed by atoms with Gasteiger partial charge in [0.05, 0.1) is 11.8 Å². The number of carbonyl (C=O) groups is 2. The van der Waals surface area contributed by atoms with E-state index in [1.54, 1.807) is 18.2 Å². The van der Waals surface area contributed by atoms with E-state index in [1.165, 1.54) is 15.9 Å². The zero-order valence-electron chi connectivity index (χ0n) is 12.8. The average molecular weight is 321 g/mol. The fourth-order valence-electron chi connectivity index (χ4n) is 2.89. The molecule has 3 rings (SSSR count). The fourth-order valence-corrected chi connectivity index (χ4v) is 2.89. The van der Waals surface area contributed by atoms with E-state index in [4.69, 9.17) is 4.74 Å². The Morgan fingerprint density at radius 3 is 2.91 bits per heavy atom. The second-order valence-electron chi connectivity index (χ2n) is 5.75. The average Bonchev–Trinajstić information content (AvgIpc) is 3.17. The first kappa shape index (κ1) is 15.7. The van der Waals surface area contributed by atoms with Crippen LogP contribution in [-0.4, -0.2) is 55.7 Å². The van der Waals surface area contributed by atoms with Crippen molar-refractivity contribution in [3.8, 4) is 0 Å². The van der Waals surface area contributed by atoms with Crippen LogP contribution in [0, 0.1) is 5.82 Å². The molecule has 6 nitrogen and oxygen atoms in total. The van der Waals surface area contributed by atoms with Crippen molar-refractivity contribution in [1.82, 2.24) is 10.2 Å². The molecule has 0 spiro atoms. The summed E-state index contributed by atoms with van der Waals surface area (Å²) >= 11 is 0. The summed E-state index contributed by atoms with van der Waals surface area (Å²) in [5.74, 6) is -0.658. The molecule has 0 bridgehead atoms. The number of para-hydroxylation sites is 1. The lowest BCUT2D eigenvalue weighted by molar-refractivity contribution is -0.122. The van der Waals surface area contributed by atoms with Crippen LogP contribution >= 0.6 is 0 Å². The van der Waals surface area contributed by atoms with E-state index in [9.17, 15) is 14.0 Å². The molecular formula is C16H20FN3O3. The van der Waals surface area contributed by atoms with Gasteiger partial charge in [-0.1, -0.05) is 12.1 Å². The lowest BCUT2D eigenvalue weighted by atomic mass is 10.2. The van der Waals surface area contributed by atoms with Crippen molar-refractivity contribution in [3.63, 3.8) is 0 Å². The molecule has 23 heavy (non-hydrogen) atoms. The van der Waals surface area contributed by atoms with Crippen molar-refractivity contribution < 1.29 is 18.7 Å². The number of anilines is 1. The SMILES string of the molecule is O=C(CN1CCN(c2ccccc2F)C1=O)NCC1CCCO1. The predicted octanol–water partition coefficient (Wildman–Crippen LogP) is 1.36. The number of rotatable bonds is 5. The molecule has 2 fully saturated rings. The van der Waals surface area contributed by atoms with E-state index >= 15 is 0 Å². The van der Waals surface area contributed by atoms with Crippen LogP contribution in [0.5, 0.6) is 0 Å². The highest BCUT2D eigenvalue weighted by atomic mass is 19.1. The number of nitrogens with one attached hydrogen (secondary N) is 1. The van der Waals surface area contributed by atoms with Gasteiger partial charge >= 0.3 is 6.03 Å². The number of urea groups is 1. The van der Waals surface area contributed by atoms with E-state index < -0.39 is 5.82 Å². The summed E-state index contributed by atoms with van der Waals surface area (Å²) in [5, 5.41) is 2.79. The van der Waals surface area contributed by atoms with E-state index in [1.807, 2.05) is 0 Å². The minimum absolute atomic E-state index is 0.0174. The number of ether oxygens (including phenoxy) is 1. The molecule has 3 amide bonds. The maximum Gasteiger partial charge on any atom is 0.325 e. The molecule has 2 aliphatic heterocycles. The summed E-state index contributed by atoms with van der Waals surface area (Å²) in [6.45, 7) is 1.97. The molecule has 0 aliphatic carbocycles. The van der Waals surface area contributed by atoms with Gasteiger partial charge in [0.1, 0.15) is 12.4 Å². The lowest BCUT2D eigenvalue weighted by Gasteiger charge is -2.19. The van der Waals surface area contributed by atoms with Gasteiger partial charge in [0.15, 0.2) is 0 Å². The third kappa shape index (κ3) is 3.61. The highest BCUT2D eigenvalue weighted by Crippen LogP contribution is 2.23. The smallest absolute Gasteiger partial charge is 0.325 e. The second kappa shape index (κ2) is 6.95. The van der Waals surface area contributed by atoms with Gasteiger partial charge in [-0.2, -0.15) is 0 Å². The number of nitrogens with zero attached hydrogens (tertiary/aromatic N) is 2. The molecule has 124 valence electrons. The number of benzene rings is 1. The zero-order valence-corrected chi connectivity index (χ0v) is 12.8. The molecule has 1 aromatic carbocycles. The maximum absolute atomic E-state index is 13.8. The molecule has 1 atom stereocenters. The van der Waals surface area contributed by atoms with Gasteiger partial charge in [-0.25, -0.2) is 9.18 Å². The van der Waals surface area contributed by atoms with Crippen LogP contribution in [0.1, 0.15) is 12.8 Å². The van der Waals surface area contributed by atoms with E-state index in [0.29, 0.717) is 19.6 Å². The number of amides is 3. The Bertz CT molecular complexity index is 590. The number of halogens is 1. The first-order valence-electron chi connectivity index (χ1n) is 7.84. The van der Waals surface area contributed by atoms with Crippen molar-refractivity contribution in [3.05, 3.63) is 30.1 Å². The molecule has 1 N–H and O–H groups in total. The topological polar surface area (TPSA) is 61.9 Å². The van der Waals surface area contributed by atoms with Crippen LogP contribution in [0.25, 0.3) is 0 Å². The Morgan fingerprint density at radius 2 is 2.17 bits per heavy atom. The van der Waals surface area contributed by atoms with Crippen molar-refractivity contribution in [2.24, 2.45) is 0 Å². The molecule has 1 aromatic rings. The molecule has 0 saturated carbocycles. The fraction of sp³-hybridized carbons (Fsp3) is 0.500. The largest absolute Gasteiger partial charge is 0.376 e. The Balaban J connectivity index is 1.52. The van der Waals surface area contributed by atoms with Crippen LogP contribution in [0.3, 0.4) is 0 Å². The van der Waals surface area contributed by atoms with Crippen molar-refractivity contribution in [2.45, 2.75) is 18.9 Å². The Morgan fingerprint density at radius 1 is 1.35 bits per heavy atom. The number of hydrogen-bond acceptors (Lipinski definition) is 3. The van der Waals surface area contributed by atoms with Crippen LogP contribution < -0.4 is 10.2 Å². The van der Waals surface area contributed by atoms with Gasteiger partial charge in [-0.05, 0) is 25.0 Å². The van der Waals surface area contributed by atoms with Crippen LogP contribution in [0.2, 0.25) is 0 Å². The summed E-state index contributed by atoms with van der Waals surface area (Å²) in [7, 11) is 0. The molecular weight excluding hydrogens is 301 g/mol. The van der Waals surface area contributed by atoms with Gasteiger partial charge in [0.2, 0.25) is 5.91 Å². The summed E-state index contributed by atoms with van der Waals surface area (Å²) < 4.78 is 19.2. The number of carbonyl (C=O) groups excluding carboxylic acids is 2. The molecule has 0 aromatic heterocycles. The number of hydrogen-bond donors (Lipinski definition) is 1. The molecule has 1 unspecified atom stereocenters. The summed E-state index contributed by atoms with van der Waals surface area (Å²) in [5.41, 5.74) is 0.250. The van der Waals surface area contributed by atoms with Crippen molar-refractivity contribution in [1.29, 1.82) is 0 Å². The van der Waals surface area contributed by atoms with Gasteiger partial charge in [-0.3, -0.25) is 9.69 Å². The van der Waals surface area contributed by atoms with Gasteiger partial charge in [-0.15, -0.1) is 0 Å². The lowest BCUT2D eigenvalue weighted by Crippen LogP contribution is -2.42. The summed E-state index contributed by atoms with van der Waals surface area (Å²) in [6.07, 6.45) is 2.04. The zero-order chi connectivity index (χ0) is 16.2. The van der Waals surface area contributed by atoms with Gasteiger partial charge < -0.3 is 15.0 Å². The Hall–Kier alpha value is -2.15. The first-order chi connectivity index (χ1) is 11.1. The Labute approximate surface area is 134 Å². The standard InChI is InChI=1S/C16H20FN3O3/c17-13-5-1-2-6-14(13)20-8-7-19(16(20)22)11-15(21)18-10-12-4-3-9-23-12/h1-2,5-6,12H,3-4,7-11H2,(H,18,21). The second-order valence-corrected chi connectivity index (χ2v) is 5.75. The quantitative estimate of drug-likeness (QED) is 0.891. The minimum atomic E-state index is -0.439. The molecule has 2 saturated heterocycles. The monoisotopic (exact) mass is 321 g/mol. The highest BCUT2D eigenvalue weighted by Gasteiger charge is 2.32. The minimum Gasteiger partial charge on any atom is -0.376 e.